The van der Waals surface area contributed by atoms with Crippen molar-refractivity contribution >= 4 is 0 Å². The molecule has 1 aliphatic rings. The topological polar surface area (TPSA) is 48.1 Å². The molecule has 0 amide bonds. The molecule has 2 N–H and O–H groups in total. The lowest BCUT2D eigenvalue weighted by Crippen LogP contribution is -2.33. The third kappa shape index (κ3) is 2.60. The predicted octanol–water partition coefficient (Wildman–Crippen LogP) is 2.64. The molecule has 17 heavy (non-hydrogen) atoms. The Balaban J connectivity index is 2.25. The number of hydrogen-bond acceptors (Lipinski definition) is 3. The van der Waals surface area contributed by atoms with Crippen LogP contribution in [0.2, 0.25) is 0 Å². The van der Waals surface area contributed by atoms with Gasteiger partial charge in [0.15, 0.2) is 0 Å². The fourth-order valence-corrected chi connectivity index (χ4v) is 2.63. The van der Waals surface area contributed by atoms with E-state index in [1.54, 1.807) is 0 Å². The molecule has 94 valence electrons. The minimum atomic E-state index is 0.0936. The maximum absolute atomic E-state index is 5.97. The van der Waals surface area contributed by atoms with Crippen molar-refractivity contribution in [1.82, 2.24) is 4.98 Å². The maximum Gasteiger partial charge on any atom is 0.213 e. The Kier molecular flexibility index (Phi) is 3.67. The Morgan fingerprint density at radius 1 is 1.35 bits per heavy atom. The van der Waals surface area contributed by atoms with Crippen LogP contribution in [0.1, 0.15) is 45.2 Å². The Morgan fingerprint density at radius 2 is 2.06 bits per heavy atom. The molecule has 0 atom stereocenters. The molecule has 1 saturated carbocycles. The summed E-state index contributed by atoms with van der Waals surface area (Å²) in [7, 11) is 0. The Hall–Kier alpha value is -1.09. The lowest BCUT2D eigenvalue weighted by Gasteiger charge is -2.26. The summed E-state index contributed by atoms with van der Waals surface area (Å²) in [6.45, 7) is 4.72. The molecule has 1 aromatic rings. The van der Waals surface area contributed by atoms with Crippen molar-refractivity contribution in [2.45, 2.75) is 51.0 Å². The molecule has 1 aromatic heterocycles. The van der Waals surface area contributed by atoms with E-state index >= 15 is 0 Å². The lowest BCUT2D eigenvalue weighted by atomic mass is 9.82. The van der Waals surface area contributed by atoms with Crippen LogP contribution in [0, 0.1) is 0 Å². The van der Waals surface area contributed by atoms with E-state index < -0.39 is 0 Å². The maximum atomic E-state index is 5.97. The first-order valence-corrected chi connectivity index (χ1v) is 6.50. The van der Waals surface area contributed by atoms with Gasteiger partial charge in [-0.2, -0.15) is 0 Å². The summed E-state index contributed by atoms with van der Waals surface area (Å²) in [5, 5.41) is 0. The van der Waals surface area contributed by atoms with Crippen LogP contribution in [-0.4, -0.2) is 17.6 Å². The second-order valence-electron chi connectivity index (χ2n) is 5.22. The van der Waals surface area contributed by atoms with Crippen molar-refractivity contribution in [3.8, 4) is 5.88 Å². The average molecular weight is 234 g/mol. The van der Waals surface area contributed by atoms with Crippen LogP contribution in [0.3, 0.4) is 0 Å². The number of nitrogens with zero attached hydrogens (tertiary/aromatic N) is 1. The smallest absolute Gasteiger partial charge is 0.213 e. The molecule has 0 unspecified atom stereocenters. The number of hydrogen-bond donors (Lipinski definition) is 1. The largest absolute Gasteiger partial charge is 0.475 e. The second-order valence-corrected chi connectivity index (χ2v) is 5.22. The van der Waals surface area contributed by atoms with Gasteiger partial charge in [0.25, 0.3) is 0 Å². The first-order chi connectivity index (χ1) is 8.16. The van der Waals surface area contributed by atoms with Crippen LogP contribution < -0.4 is 10.5 Å². The van der Waals surface area contributed by atoms with E-state index in [-0.39, 0.29) is 11.5 Å². The Morgan fingerprint density at radius 3 is 2.65 bits per heavy atom. The number of aromatic nitrogens is 1. The van der Waals surface area contributed by atoms with Gasteiger partial charge in [0, 0.05) is 18.0 Å². The highest BCUT2D eigenvalue weighted by molar-refractivity contribution is 5.24. The van der Waals surface area contributed by atoms with Crippen molar-refractivity contribution in [3.63, 3.8) is 0 Å². The average Bonchev–Trinajstić information content (AvgIpc) is 2.78. The molecular formula is C14H22N2O. The molecule has 1 aliphatic carbocycles. The molecule has 0 aromatic carbocycles. The van der Waals surface area contributed by atoms with Crippen molar-refractivity contribution in [2.24, 2.45) is 5.73 Å². The SMILES string of the molecule is CC(C)Oc1cccc(C2(CN)CCCC2)n1. The molecule has 0 saturated heterocycles. The van der Waals surface area contributed by atoms with E-state index in [1.165, 1.54) is 12.8 Å². The molecule has 1 heterocycles. The van der Waals surface area contributed by atoms with Gasteiger partial charge in [-0.1, -0.05) is 18.9 Å². The van der Waals surface area contributed by atoms with Crippen molar-refractivity contribution < 1.29 is 4.74 Å². The van der Waals surface area contributed by atoms with Gasteiger partial charge in [0.1, 0.15) is 0 Å². The summed E-state index contributed by atoms with van der Waals surface area (Å²) >= 11 is 0. The minimum absolute atomic E-state index is 0.0936. The summed E-state index contributed by atoms with van der Waals surface area (Å²) in [5.41, 5.74) is 7.17. The summed E-state index contributed by atoms with van der Waals surface area (Å²) in [6.07, 6.45) is 4.99. The molecular weight excluding hydrogens is 212 g/mol. The highest BCUT2D eigenvalue weighted by atomic mass is 16.5. The fraction of sp³-hybridized carbons (Fsp3) is 0.643. The third-order valence-corrected chi connectivity index (χ3v) is 3.57. The van der Waals surface area contributed by atoms with Gasteiger partial charge < -0.3 is 10.5 Å². The van der Waals surface area contributed by atoms with Gasteiger partial charge in [-0.05, 0) is 32.8 Å². The molecule has 0 radical (unpaired) electrons. The zero-order valence-electron chi connectivity index (χ0n) is 10.8. The van der Waals surface area contributed by atoms with E-state index in [2.05, 4.69) is 11.1 Å². The standard InChI is InChI=1S/C14H22N2O/c1-11(2)17-13-7-5-6-12(16-13)14(10-15)8-3-4-9-14/h5-7,11H,3-4,8-10,15H2,1-2H3. The number of nitrogens with two attached hydrogens (primary N) is 1. The van der Waals surface area contributed by atoms with Crippen LogP contribution in [0.15, 0.2) is 18.2 Å². The number of rotatable bonds is 4. The normalized spacial score (nSPS) is 18.6. The number of pyridine rings is 1. The molecule has 0 aliphatic heterocycles. The predicted molar refractivity (Wildman–Crippen MR) is 69.2 cm³/mol. The van der Waals surface area contributed by atoms with E-state index in [0.29, 0.717) is 6.54 Å². The van der Waals surface area contributed by atoms with Crippen molar-refractivity contribution in [1.29, 1.82) is 0 Å². The molecule has 3 nitrogen and oxygen atoms in total. The van der Waals surface area contributed by atoms with Gasteiger partial charge >= 0.3 is 0 Å². The van der Waals surface area contributed by atoms with E-state index in [9.17, 15) is 0 Å². The summed E-state index contributed by atoms with van der Waals surface area (Å²) in [5.74, 6) is 0.720. The summed E-state index contributed by atoms with van der Waals surface area (Å²) < 4.78 is 5.65. The van der Waals surface area contributed by atoms with E-state index in [4.69, 9.17) is 10.5 Å². The monoisotopic (exact) mass is 234 g/mol. The van der Waals surface area contributed by atoms with Gasteiger partial charge in [-0.3, -0.25) is 0 Å². The van der Waals surface area contributed by atoms with E-state index in [1.807, 2.05) is 26.0 Å². The van der Waals surface area contributed by atoms with Crippen LogP contribution in [0.25, 0.3) is 0 Å². The second kappa shape index (κ2) is 5.05. The van der Waals surface area contributed by atoms with Gasteiger partial charge in [0.05, 0.1) is 11.8 Å². The van der Waals surface area contributed by atoms with Gasteiger partial charge in [0.2, 0.25) is 5.88 Å². The lowest BCUT2D eigenvalue weighted by molar-refractivity contribution is 0.230. The van der Waals surface area contributed by atoms with Crippen molar-refractivity contribution in [2.75, 3.05) is 6.54 Å². The first kappa shape index (κ1) is 12.4. The van der Waals surface area contributed by atoms with Crippen LogP contribution in [0.4, 0.5) is 0 Å². The summed E-state index contributed by atoms with van der Waals surface area (Å²) in [4.78, 5) is 4.64. The van der Waals surface area contributed by atoms with Gasteiger partial charge in [-0.25, -0.2) is 4.98 Å². The highest BCUT2D eigenvalue weighted by Crippen LogP contribution is 2.39. The molecule has 0 spiro atoms. The van der Waals surface area contributed by atoms with Crippen molar-refractivity contribution in [3.05, 3.63) is 23.9 Å². The van der Waals surface area contributed by atoms with E-state index in [0.717, 1.165) is 24.4 Å². The van der Waals surface area contributed by atoms with Crippen LogP contribution >= 0.6 is 0 Å². The van der Waals surface area contributed by atoms with Crippen LogP contribution in [0.5, 0.6) is 5.88 Å². The Labute approximate surface area is 103 Å². The summed E-state index contributed by atoms with van der Waals surface area (Å²) in [6, 6.07) is 6.03. The molecule has 0 bridgehead atoms. The van der Waals surface area contributed by atoms with Crippen LogP contribution in [-0.2, 0) is 5.41 Å². The molecule has 1 fully saturated rings. The zero-order chi connectivity index (χ0) is 12.3. The zero-order valence-corrected chi connectivity index (χ0v) is 10.8. The van der Waals surface area contributed by atoms with Gasteiger partial charge in [-0.15, -0.1) is 0 Å². The minimum Gasteiger partial charge on any atom is -0.475 e. The third-order valence-electron chi connectivity index (χ3n) is 3.57. The highest BCUT2D eigenvalue weighted by Gasteiger charge is 2.35. The molecule has 2 rings (SSSR count). The first-order valence-electron chi connectivity index (χ1n) is 6.50. The fourth-order valence-electron chi connectivity index (χ4n) is 2.63. The molecule has 3 heteroatoms. The Bertz CT molecular complexity index is 370. The quantitative estimate of drug-likeness (QED) is 0.871. The number of ether oxygens (including phenoxy) is 1.